The molecule has 1 heterocycles. The van der Waals surface area contributed by atoms with E-state index < -0.39 is 0 Å². The van der Waals surface area contributed by atoms with Gasteiger partial charge in [0, 0.05) is 30.7 Å². The van der Waals surface area contributed by atoms with Crippen LogP contribution in [0.25, 0.3) is 0 Å². The van der Waals surface area contributed by atoms with Gasteiger partial charge in [0.25, 0.3) is 0 Å². The van der Waals surface area contributed by atoms with Crippen LogP contribution in [0.4, 0.5) is 10.5 Å². The van der Waals surface area contributed by atoms with Crippen molar-refractivity contribution >= 4 is 29.2 Å². The van der Waals surface area contributed by atoms with Crippen molar-refractivity contribution in [3.05, 3.63) is 29.3 Å². The van der Waals surface area contributed by atoms with Crippen molar-refractivity contribution < 1.29 is 4.79 Å². The predicted octanol–water partition coefficient (Wildman–Crippen LogP) is 3.78. The molecule has 1 aromatic carbocycles. The number of amides is 2. The molecule has 2 amide bonds. The molecule has 0 aromatic heterocycles. The number of hydrogen-bond acceptors (Lipinski definition) is 1. The lowest BCUT2D eigenvalue weighted by Crippen LogP contribution is -2.27. The Morgan fingerprint density at radius 2 is 2.21 bits per heavy atom. The molecule has 4 nitrogen and oxygen atoms in total. The first kappa shape index (κ1) is 13.9. The molecule has 19 heavy (non-hydrogen) atoms. The van der Waals surface area contributed by atoms with E-state index in [1.54, 1.807) is 24.3 Å². The Kier molecular flexibility index (Phi) is 4.80. The molecule has 1 saturated heterocycles. The number of aliphatic imine (C=N–C) groups is 1. The Bertz CT molecular complexity index is 487. The Labute approximate surface area is 118 Å². The maximum absolute atomic E-state index is 11.9. The quantitative estimate of drug-likeness (QED) is 0.850. The van der Waals surface area contributed by atoms with Gasteiger partial charge in [0.15, 0.2) is 0 Å². The smallest absolute Gasteiger partial charge is 0.347 e. The van der Waals surface area contributed by atoms with Crippen molar-refractivity contribution in [3.8, 4) is 0 Å². The first-order chi connectivity index (χ1) is 9.15. The maximum Gasteiger partial charge on any atom is 0.347 e. The van der Waals surface area contributed by atoms with Gasteiger partial charge >= 0.3 is 6.03 Å². The SMILES string of the molecule is CN1CCCCCC1=NC(=O)Nc1cccc(Cl)c1. The van der Waals surface area contributed by atoms with Crippen molar-refractivity contribution in [1.29, 1.82) is 0 Å². The third-order valence-corrected chi connectivity index (χ3v) is 3.38. The highest BCUT2D eigenvalue weighted by Gasteiger charge is 2.12. The lowest BCUT2D eigenvalue weighted by Gasteiger charge is -2.17. The van der Waals surface area contributed by atoms with E-state index in [0.717, 1.165) is 31.6 Å². The van der Waals surface area contributed by atoms with Crippen LogP contribution >= 0.6 is 11.6 Å². The van der Waals surface area contributed by atoms with Crippen LogP contribution in [0.2, 0.25) is 5.02 Å². The zero-order valence-electron chi connectivity index (χ0n) is 11.0. The van der Waals surface area contributed by atoms with Crippen molar-refractivity contribution in [2.45, 2.75) is 25.7 Å². The molecule has 0 saturated carbocycles. The van der Waals surface area contributed by atoms with Crippen LogP contribution in [0.3, 0.4) is 0 Å². The minimum Gasteiger partial charge on any atom is -0.363 e. The third-order valence-electron chi connectivity index (χ3n) is 3.14. The van der Waals surface area contributed by atoms with Gasteiger partial charge in [-0.1, -0.05) is 24.1 Å². The molecule has 0 bridgehead atoms. The standard InChI is InChI=1S/C14H18ClN3O/c1-18-9-4-2-3-8-13(18)17-14(19)16-12-7-5-6-11(15)10-12/h5-7,10H,2-4,8-9H2,1H3,(H,16,19). The summed E-state index contributed by atoms with van der Waals surface area (Å²) in [7, 11) is 1.98. The highest BCUT2D eigenvalue weighted by molar-refractivity contribution is 6.30. The van der Waals surface area contributed by atoms with Crippen molar-refractivity contribution in [2.75, 3.05) is 18.9 Å². The summed E-state index contributed by atoms with van der Waals surface area (Å²) in [5.41, 5.74) is 0.665. The summed E-state index contributed by atoms with van der Waals surface area (Å²) >= 11 is 5.87. The van der Waals surface area contributed by atoms with Crippen LogP contribution in [0.15, 0.2) is 29.3 Å². The summed E-state index contributed by atoms with van der Waals surface area (Å²) in [6.45, 7) is 0.962. The summed E-state index contributed by atoms with van der Waals surface area (Å²) in [6.07, 6.45) is 4.30. The number of carbonyl (C=O) groups excluding carboxylic acids is 1. The molecule has 2 rings (SSSR count). The summed E-state index contributed by atoms with van der Waals surface area (Å²) in [5, 5.41) is 3.33. The summed E-state index contributed by atoms with van der Waals surface area (Å²) < 4.78 is 0. The van der Waals surface area contributed by atoms with E-state index in [0.29, 0.717) is 10.7 Å². The third kappa shape index (κ3) is 4.24. The van der Waals surface area contributed by atoms with E-state index in [4.69, 9.17) is 11.6 Å². The van der Waals surface area contributed by atoms with E-state index in [1.165, 1.54) is 6.42 Å². The van der Waals surface area contributed by atoms with Crippen molar-refractivity contribution in [2.24, 2.45) is 4.99 Å². The molecule has 1 fully saturated rings. The van der Waals surface area contributed by atoms with E-state index in [2.05, 4.69) is 15.2 Å². The number of hydrogen-bond donors (Lipinski definition) is 1. The molecule has 102 valence electrons. The first-order valence-corrected chi connectivity index (χ1v) is 6.88. The van der Waals surface area contributed by atoms with Gasteiger partial charge < -0.3 is 10.2 Å². The zero-order chi connectivity index (χ0) is 13.7. The first-order valence-electron chi connectivity index (χ1n) is 6.50. The topological polar surface area (TPSA) is 44.7 Å². The largest absolute Gasteiger partial charge is 0.363 e. The van der Waals surface area contributed by atoms with Crippen LogP contribution < -0.4 is 5.32 Å². The molecular formula is C14H18ClN3O. The average Bonchev–Trinajstić information content (AvgIpc) is 2.55. The van der Waals surface area contributed by atoms with Crippen LogP contribution in [0.1, 0.15) is 25.7 Å². The number of halogens is 1. The van der Waals surface area contributed by atoms with E-state index in [9.17, 15) is 4.79 Å². The second-order valence-electron chi connectivity index (χ2n) is 4.70. The summed E-state index contributed by atoms with van der Waals surface area (Å²) in [6, 6.07) is 6.72. The molecule has 1 aromatic rings. The molecule has 0 spiro atoms. The van der Waals surface area contributed by atoms with Gasteiger partial charge in [-0.3, -0.25) is 0 Å². The number of nitrogens with zero attached hydrogens (tertiary/aromatic N) is 2. The van der Waals surface area contributed by atoms with Gasteiger partial charge in [0.2, 0.25) is 0 Å². The monoisotopic (exact) mass is 279 g/mol. The number of carbonyl (C=O) groups is 1. The molecule has 0 radical (unpaired) electrons. The Morgan fingerprint density at radius 1 is 1.37 bits per heavy atom. The number of likely N-dealkylation sites (tertiary alicyclic amines) is 1. The lowest BCUT2D eigenvalue weighted by atomic mass is 10.2. The van der Waals surface area contributed by atoms with Crippen LogP contribution in [-0.4, -0.2) is 30.4 Å². The lowest BCUT2D eigenvalue weighted by molar-refractivity contribution is 0.259. The van der Waals surface area contributed by atoms with E-state index >= 15 is 0 Å². The summed E-state index contributed by atoms with van der Waals surface area (Å²) in [5.74, 6) is 0.858. The van der Waals surface area contributed by atoms with Crippen molar-refractivity contribution in [3.63, 3.8) is 0 Å². The molecule has 5 heteroatoms. The van der Waals surface area contributed by atoms with E-state index in [1.807, 2.05) is 7.05 Å². The number of urea groups is 1. The van der Waals surface area contributed by atoms with Crippen LogP contribution in [0, 0.1) is 0 Å². The molecule has 1 aliphatic heterocycles. The minimum absolute atomic E-state index is 0.342. The average molecular weight is 280 g/mol. The number of amidine groups is 1. The minimum atomic E-state index is -0.342. The molecule has 1 aliphatic rings. The zero-order valence-corrected chi connectivity index (χ0v) is 11.8. The van der Waals surface area contributed by atoms with Gasteiger partial charge in [0.1, 0.15) is 5.84 Å². The fourth-order valence-electron chi connectivity index (χ4n) is 2.10. The Morgan fingerprint density at radius 3 is 3.00 bits per heavy atom. The fraction of sp³-hybridized carbons (Fsp3) is 0.429. The number of anilines is 1. The van der Waals surface area contributed by atoms with Crippen molar-refractivity contribution in [1.82, 2.24) is 4.90 Å². The number of nitrogens with one attached hydrogen (secondary N) is 1. The van der Waals surface area contributed by atoms with Gasteiger partial charge in [-0.2, -0.15) is 4.99 Å². The number of rotatable bonds is 1. The molecule has 1 N–H and O–H groups in total. The predicted molar refractivity (Wildman–Crippen MR) is 79.0 cm³/mol. The highest BCUT2D eigenvalue weighted by Crippen LogP contribution is 2.15. The fourth-order valence-corrected chi connectivity index (χ4v) is 2.30. The molecule has 0 unspecified atom stereocenters. The van der Waals surface area contributed by atoms with E-state index in [-0.39, 0.29) is 6.03 Å². The number of benzene rings is 1. The van der Waals surface area contributed by atoms with Gasteiger partial charge in [-0.15, -0.1) is 0 Å². The van der Waals surface area contributed by atoms with Gasteiger partial charge in [0.05, 0.1) is 0 Å². The van der Waals surface area contributed by atoms with Gasteiger partial charge in [-0.25, -0.2) is 4.79 Å². The highest BCUT2D eigenvalue weighted by atomic mass is 35.5. The van der Waals surface area contributed by atoms with Crippen LogP contribution in [0.5, 0.6) is 0 Å². The second kappa shape index (κ2) is 6.57. The molecular weight excluding hydrogens is 262 g/mol. The second-order valence-corrected chi connectivity index (χ2v) is 5.14. The Hall–Kier alpha value is -1.55. The Balaban J connectivity index is 2.03. The van der Waals surface area contributed by atoms with Crippen LogP contribution in [-0.2, 0) is 0 Å². The van der Waals surface area contributed by atoms with Gasteiger partial charge in [-0.05, 0) is 31.0 Å². The molecule has 0 atom stereocenters. The molecule has 0 aliphatic carbocycles. The normalized spacial score (nSPS) is 18.2. The summed E-state index contributed by atoms with van der Waals surface area (Å²) in [4.78, 5) is 18.1. The maximum atomic E-state index is 11.9.